The first-order valence-corrected chi connectivity index (χ1v) is 11.6. The predicted molar refractivity (Wildman–Crippen MR) is 126 cm³/mol. The number of fused-ring (bicyclic) bond motifs is 1. The van der Waals surface area contributed by atoms with E-state index in [-0.39, 0.29) is 11.5 Å². The molecule has 0 bridgehead atoms. The molecule has 33 heavy (non-hydrogen) atoms. The Bertz CT molecular complexity index is 1330. The van der Waals surface area contributed by atoms with Gasteiger partial charge in [-0.25, -0.2) is 4.98 Å². The summed E-state index contributed by atoms with van der Waals surface area (Å²) in [5, 5.41) is 5.19. The lowest BCUT2D eigenvalue weighted by molar-refractivity contribution is 0.0834. The number of ether oxygens (including phenoxy) is 2. The van der Waals surface area contributed by atoms with E-state index >= 15 is 0 Å². The van der Waals surface area contributed by atoms with Gasteiger partial charge in [-0.3, -0.25) is 18.4 Å². The summed E-state index contributed by atoms with van der Waals surface area (Å²) in [5.41, 5.74) is 2.04. The van der Waals surface area contributed by atoms with Crippen molar-refractivity contribution in [3.63, 3.8) is 0 Å². The van der Waals surface area contributed by atoms with E-state index in [1.807, 2.05) is 45.7 Å². The van der Waals surface area contributed by atoms with Gasteiger partial charge in [0.2, 0.25) is 5.88 Å². The second kappa shape index (κ2) is 9.03. The molecule has 0 aliphatic carbocycles. The molecule has 0 atom stereocenters. The molecule has 3 aromatic heterocycles. The number of aryl methyl sites for hydroxylation is 1. The van der Waals surface area contributed by atoms with Gasteiger partial charge in [-0.05, 0) is 43.5 Å². The fraction of sp³-hybridized carbons (Fsp3) is 0.375. The number of hydrogen-bond donors (Lipinski definition) is 0. The zero-order valence-corrected chi connectivity index (χ0v) is 19.5. The van der Waals surface area contributed by atoms with E-state index < -0.39 is 0 Å². The van der Waals surface area contributed by atoms with Gasteiger partial charge >= 0.3 is 0 Å². The van der Waals surface area contributed by atoms with Gasteiger partial charge in [-0.1, -0.05) is 18.5 Å². The van der Waals surface area contributed by atoms with E-state index in [9.17, 15) is 4.79 Å². The minimum absolute atomic E-state index is 0.150. The summed E-state index contributed by atoms with van der Waals surface area (Å²) >= 11 is 6.38. The van der Waals surface area contributed by atoms with Crippen molar-refractivity contribution < 1.29 is 9.47 Å². The number of halogens is 1. The van der Waals surface area contributed by atoms with Crippen molar-refractivity contribution in [3.05, 3.63) is 64.1 Å². The maximum absolute atomic E-state index is 12.9. The molecular formula is C24H26ClN5O3. The highest BCUT2D eigenvalue weighted by molar-refractivity contribution is 6.33. The van der Waals surface area contributed by atoms with Crippen LogP contribution in [0, 0.1) is 0 Å². The molecule has 0 unspecified atom stereocenters. The number of benzene rings is 1. The number of nitrogens with zero attached hydrogens (tertiary/aromatic N) is 5. The summed E-state index contributed by atoms with van der Waals surface area (Å²) in [7, 11) is 1.70. The van der Waals surface area contributed by atoms with Crippen molar-refractivity contribution in [1.29, 1.82) is 0 Å². The fourth-order valence-corrected chi connectivity index (χ4v) is 4.49. The van der Waals surface area contributed by atoms with Gasteiger partial charge in [0.1, 0.15) is 22.8 Å². The Hall–Kier alpha value is -3.10. The summed E-state index contributed by atoms with van der Waals surface area (Å²) < 4.78 is 16.8. The van der Waals surface area contributed by atoms with E-state index in [0.717, 1.165) is 42.9 Å². The average molecular weight is 468 g/mol. The van der Waals surface area contributed by atoms with Gasteiger partial charge in [-0.15, -0.1) is 0 Å². The number of aromatic nitrogens is 5. The SMILES string of the molecule is CCCn1cc(Cl)c(-c2ccc(Oc3cn4c(C5CCOCC5)ncc4c(=O)n3C)cc2)n1. The van der Waals surface area contributed by atoms with Crippen LogP contribution in [0.5, 0.6) is 11.6 Å². The van der Waals surface area contributed by atoms with Gasteiger partial charge in [0.05, 0.1) is 17.4 Å². The number of hydrogen-bond acceptors (Lipinski definition) is 5. The van der Waals surface area contributed by atoms with Crippen molar-refractivity contribution in [1.82, 2.24) is 23.7 Å². The van der Waals surface area contributed by atoms with Crippen LogP contribution in [0.3, 0.4) is 0 Å². The molecule has 1 aliphatic rings. The minimum Gasteiger partial charge on any atom is -0.439 e. The van der Waals surface area contributed by atoms with Crippen LogP contribution in [0.15, 0.2) is 47.7 Å². The molecule has 9 heteroatoms. The molecule has 1 aliphatic heterocycles. The molecule has 4 heterocycles. The fourth-order valence-electron chi connectivity index (χ4n) is 4.23. The molecule has 4 aromatic rings. The normalized spacial score (nSPS) is 14.8. The monoisotopic (exact) mass is 467 g/mol. The topological polar surface area (TPSA) is 75.6 Å². The van der Waals surface area contributed by atoms with Crippen LogP contribution >= 0.6 is 11.6 Å². The molecule has 0 radical (unpaired) electrons. The van der Waals surface area contributed by atoms with Crippen LogP contribution in [0.1, 0.15) is 37.9 Å². The van der Waals surface area contributed by atoms with E-state index in [4.69, 9.17) is 21.1 Å². The summed E-state index contributed by atoms with van der Waals surface area (Å²) in [4.78, 5) is 17.5. The highest BCUT2D eigenvalue weighted by atomic mass is 35.5. The molecule has 0 spiro atoms. The number of imidazole rings is 1. The molecule has 1 saturated heterocycles. The van der Waals surface area contributed by atoms with Gasteiger partial charge in [0.15, 0.2) is 0 Å². The van der Waals surface area contributed by atoms with E-state index in [1.54, 1.807) is 13.2 Å². The third kappa shape index (κ3) is 4.16. The Kier molecular flexibility index (Phi) is 5.95. The van der Waals surface area contributed by atoms with E-state index in [2.05, 4.69) is 17.0 Å². The summed E-state index contributed by atoms with van der Waals surface area (Å²) in [5.74, 6) is 2.20. The van der Waals surface area contributed by atoms with Gasteiger partial charge in [0.25, 0.3) is 5.56 Å². The highest BCUT2D eigenvalue weighted by Gasteiger charge is 2.22. The Morgan fingerprint density at radius 3 is 2.67 bits per heavy atom. The maximum Gasteiger partial charge on any atom is 0.279 e. The molecule has 0 amide bonds. The Morgan fingerprint density at radius 2 is 1.94 bits per heavy atom. The summed E-state index contributed by atoms with van der Waals surface area (Å²) in [6.45, 7) is 4.34. The molecule has 0 saturated carbocycles. The maximum atomic E-state index is 12.9. The summed E-state index contributed by atoms with van der Waals surface area (Å²) in [6, 6.07) is 7.54. The van der Waals surface area contributed by atoms with E-state index in [0.29, 0.717) is 35.4 Å². The smallest absolute Gasteiger partial charge is 0.279 e. The first-order chi connectivity index (χ1) is 16.0. The van der Waals surface area contributed by atoms with Crippen LogP contribution in [-0.2, 0) is 18.3 Å². The van der Waals surface area contributed by atoms with Gasteiger partial charge in [0, 0.05) is 44.5 Å². The Balaban J connectivity index is 1.44. The van der Waals surface area contributed by atoms with Gasteiger partial charge in [-0.2, -0.15) is 5.10 Å². The second-order valence-corrected chi connectivity index (χ2v) is 8.71. The molecule has 8 nitrogen and oxygen atoms in total. The van der Waals surface area contributed by atoms with Gasteiger partial charge < -0.3 is 9.47 Å². The zero-order chi connectivity index (χ0) is 22.9. The minimum atomic E-state index is -0.150. The van der Waals surface area contributed by atoms with Crippen LogP contribution in [0.2, 0.25) is 5.02 Å². The molecule has 1 aromatic carbocycles. The first-order valence-electron chi connectivity index (χ1n) is 11.2. The van der Waals surface area contributed by atoms with Crippen molar-refractivity contribution in [2.75, 3.05) is 13.2 Å². The van der Waals surface area contributed by atoms with Crippen molar-refractivity contribution in [2.24, 2.45) is 7.05 Å². The van der Waals surface area contributed by atoms with Crippen LogP contribution in [-0.4, -0.2) is 36.9 Å². The first kappa shape index (κ1) is 21.7. The molecule has 5 rings (SSSR count). The van der Waals surface area contributed by atoms with Crippen molar-refractivity contribution >= 4 is 17.1 Å². The van der Waals surface area contributed by atoms with Crippen LogP contribution < -0.4 is 10.3 Å². The van der Waals surface area contributed by atoms with Crippen LogP contribution in [0.25, 0.3) is 16.8 Å². The third-order valence-corrected chi connectivity index (χ3v) is 6.30. The summed E-state index contributed by atoms with van der Waals surface area (Å²) in [6.07, 6.45) is 8.10. The standard InChI is InChI=1S/C24H26ClN5O3/c1-3-10-29-14-19(25)22(27-29)16-4-6-18(7-5-16)33-21-15-30-20(24(31)28(21)2)13-26-23(30)17-8-11-32-12-9-17/h4-7,13-15,17H,3,8-12H2,1-2H3. The molecule has 172 valence electrons. The zero-order valence-electron chi connectivity index (χ0n) is 18.7. The molecule has 1 fully saturated rings. The largest absolute Gasteiger partial charge is 0.439 e. The van der Waals surface area contributed by atoms with Crippen LogP contribution in [0.4, 0.5) is 0 Å². The lowest BCUT2D eigenvalue weighted by atomic mass is 10.00. The van der Waals surface area contributed by atoms with Crippen molar-refractivity contribution in [3.8, 4) is 22.9 Å². The quantitative estimate of drug-likeness (QED) is 0.412. The highest BCUT2D eigenvalue weighted by Crippen LogP contribution is 2.30. The molecule has 0 N–H and O–H groups in total. The van der Waals surface area contributed by atoms with Crippen molar-refractivity contribution in [2.45, 2.75) is 38.6 Å². The third-order valence-electron chi connectivity index (χ3n) is 6.03. The second-order valence-electron chi connectivity index (χ2n) is 8.30. The Morgan fingerprint density at radius 1 is 1.18 bits per heavy atom. The predicted octanol–water partition coefficient (Wildman–Crippen LogP) is 4.65. The number of rotatable bonds is 6. The lowest BCUT2D eigenvalue weighted by Crippen LogP contribution is -2.22. The Labute approximate surface area is 196 Å². The lowest BCUT2D eigenvalue weighted by Gasteiger charge is -2.21. The average Bonchev–Trinajstić information content (AvgIpc) is 3.42. The van der Waals surface area contributed by atoms with E-state index in [1.165, 1.54) is 4.57 Å². The molecular weight excluding hydrogens is 442 g/mol.